The molecule has 0 aromatic heterocycles. The van der Waals surface area contributed by atoms with E-state index in [1.807, 2.05) is 0 Å². The number of carboxylic acids is 1. The number of carbonyl (C=O) groups is 1. The molecule has 0 spiro atoms. The second kappa shape index (κ2) is 4.97. The van der Waals surface area contributed by atoms with Crippen LogP contribution in [0.4, 0.5) is 8.78 Å². The summed E-state index contributed by atoms with van der Waals surface area (Å²) in [6, 6.07) is 6.42. The zero-order valence-electron chi connectivity index (χ0n) is 9.88. The summed E-state index contributed by atoms with van der Waals surface area (Å²) in [5.41, 5.74) is 1.27. The van der Waals surface area contributed by atoms with Gasteiger partial charge in [-0.3, -0.25) is 0 Å². The minimum absolute atomic E-state index is 0.0320. The summed E-state index contributed by atoms with van der Waals surface area (Å²) in [4.78, 5) is 11.0. The zero-order chi connectivity index (χ0) is 14.2. The normalized spacial score (nSPS) is 10.5. The Labute approximate surface area is 113 Å². The first kappa shape index (κ1) is 13.5. The Bertz CT molecular complexity index is 669. The zero-order valence-corrected chi connectivity index (χ0v) is 10.6. The maximum Gasteiger partial charge on any atom is 0.335 e. The van der Waals surface area contributed by atoms with Crippen LogP contribution in [0.5, 0.6) is 0 Å². The third-order valence-corrected chi connectivity index (χ3v) is 3.18. The molecule has 2 nitrogen and oxygen atoms in total. The SMILES string of the molecule is Cc1c(C(=O)O)cccc1-c1cc(F)c(F)cc1Cl. The Morgan fingerprint density at radius 1 is 1.16 bits per heavy atom. The summed E-state index contributed by atoms with van der Waals surface area (Å²) in [7, 11) is 0. The van der Waals surface area contributed by atoms with Crippen LogP contribution in [0.25, 0.3) is 11.1 Å². The number of hydrogen-bond donors (Lipinski definition) is 1. The summed E-state index contributed by atoms with van der Waals surface area (Å²) in [6.45, 7) is 1.59. The van der Waals surface area contributed by atoms with E-state index in [9.17, 15) is 13.6 Å². The first-order valence-corrected chi connectivity index (χ1v) is 5.77. The summed E-state index contributed by atoms with van der Waals surface area (Å²) in [6.07, 6.45) is 0. The van der Waals surface area contributed by atoms with Gasteiger partial charge in [0.25, 0.3) is 0 Å². The van der Waals surface area contributed by atoms with Crippen molar-refractivity contribution in [3.63, 3.8) is 0 Å². The molecule has 2 aromatic carbocycles. The minimum Gasteiger partial charge on any atom is -0.478 e. The van der Waals surface area contributed by atoms with Gasteiger partial charge < -0.3 is 5.11 Å². The Morgan fingerprint density at radius 2 is 1.79 bits per heavy atom. The molecule has 0 fully saturated rings. The average molecular weight is 283 g/mol. The van der Waals surface area contributed by atoms with Crippen LogP contribution >= 0.6 is 11.6 Å². The van der Waals surface area contributed by atoms with Crippen LogP contribution in [-0.4, -0.2) is 11.1 Å². The molecule has 0 saturated heterocycles. The topological polar surface area (TPSA) is 37.3 Å². The van der Waals surface area contributed by atoms with Gasteiger partial charge in [-0.25, -0.2) is 13.6 Å². The van der Waals surface area contributed by atoms with Crippen molar-refractivity contribution in [2.75, 3.05) is 0 Å². The second-order valence-electron chi connectivity index (χ2n) is 4.03. The smallest absolute Gasteiger partial charge is 0.335 e. The molecule has 19 heavy (non-hydrogen) atoms. The van der Waals surface area contributed by atoms with Gasteiger partial charge in [-0.05, 0) is 36.2 Å². The predicted octanol–water partition coefficient (Wildman–Crippen LogP) is 4.29. The van der Waals surface area contributed by atoms with Gasteiger partial charge in [-0.2, -0.15) is 0 Å². The van der Waals surface area contributed by atoms with Crippen molar-refractivity contribution >= 4 is 17.6 Å². The minimum atomic E-state index is -1.09. The van der Waals surface area contributed by atoms with Crippen molar-refractivity contribution in [1.82, 2.24) is 0 Å². The maximum absolute atomic E-state index is 13.3. The summed E-state index contributed by atoms with van der Waals surface area (Å²) in [5, 5.41) is 9.07. The number of hydrogen-bond acceptors (Lipinski definition) is 1. The van der Waals surface area contributed by atoms with Crippen molar-refractivity contribution in [3.8, 4) is 11.1 Å². The van der Waals surface area contributed by atoms with Gasteiger partial charge in [0.2, 0.25) is 0 Å². The first-order chi connectivity index (χ1) is 8.91. The van der Waals surface area contributed by atoms with E-state index in [0.29, 0.717) is 11.1 Å². The van der Waals surface area contributed by atoms with Crippen LogP contribution in [0.2, 0.25) is 5.02 Å². The summed E-state index contributed by atoms with van der Waals surface area (Å²) < 4.78 is 26.3. The highest BCUT2D eigenvalue weighted by atomic mass is 35.5. The van der Waals surface area contributed by atoms with Crippen molar-refractivity contribution in [3.05, 3.63) is 58.1 Å². The molecule has 0 aliphatic heterocycles. The molecule has 5 heteroatoms. The predicted molar refractivity (Wildman–Crippen MR) is 68.5 cm³/mol. The van der Waals surface area contributed by atoms with Gasteiger partial charge in [-0.1, -0.05) is 23.7 Å². The molecule has 0 saturated carbocycles. The standard InChI is InChI=1S/C14H9ClF2O2/c1-7-8(3-2-4-9(7)14(18)19)10-5-12(16)13(17)6-11(10)15/h2-6H,1H3,(H,18,19). The molecule has 0 unspecified atom stereocenters. The molecular formula is C14H9ClF2O2. The molecule has 1 N–H and O–H groups in total. The van der Waals surface area contributed by atoms with Crippen molar-refractivity contribution in [2.45, 2.75) is 6.92 Å². The molecule has 2 aromatic rings. The molecule has 0 aliphatic carbocycles. The maximum atomic E-state index is 13.3. The van der Waals surface area contributed by atoms with Gasteiger partial charge in [0.1, 0.15) is 0 Å². The Kier molecular flexibility index (Phi) is 3.53. The lowest BCUT2D eigenvalue weighted by molar-refractivity contribution is 0.0696. The number of aromatic carboxylic acids is 1. The molecule has 98 valence electrons. The Hall–Kier alpha value is -1.94. The molecule has 0 heterocycles. The molecule has 0 atom stereocenters. The number of carboxylic acid groups (broad SMARTS) is 1. The van der Waals surface area contributed by atoms with E-state index in [4.69, 9.17) is 16.7 Å². The van der Waals surface area contributed by atoms with Gasteiger partial charge in [0.15, 0.2) is 11.6 Å². The highest BCUT2D eigenvalue weighted by molar-refractivity contribution is 6.33. The third-order valence-electron chi connectivity index (χ3n) is 2.86. The Morgan fingerprint density at radius 3 is 2.42 bits per heavy atom. The fourth-order valence-electron chi connectivity index (χ4n) is 1.89. The lowest BCUT2D eigenvalue weighted by atomic mass is 9.96. The highest BCUT2D eigenvalue weighted by Crippen LogP contribution is 2.33. The largest absolute Gasteiger partial charge is 0.478 e. The van der Waals surface area contributed by atoms with Crippen molar-refractivity contribution in [2.24, 2.45) is 0 Å². The van der Waals surface area contributed by atoms with E-state index < -0.39 is 17.6 Å². The van der Waals surface area contributed by atoms with E-state index in [-0.39, 0.29) is 16.1 Å². The number of halogens is 3. The summed E-state index contributed by atoms with van der Waals surface area (Å²) >= 11 is 5.89. The number of rotatable bonds is 2. The van der Waals surface area contributed by atoms with E-state index >= 15 is 0 Å². The first-order valence-electron chi connectivity index (χ1n) is 5.39. The van der Waals surface area contributed by atoms with Crippen molar-refractivity contribution < 1.29 is 18.7 Å². The fourth-order valence-corrected chi connectivity index (χ4v) is 2.14. The fraction of sp³-hybridized carbons (Fsp3) is 0.0714. The average Bonchev–Trinajstić information content (AvgIpc) is 2.34. The van der Waals surface area contributed by atoms with E-state index in [0.717, 1.165) is 12.1 Å². The molecule has 0 aliphatic rings. The molecule has 0 bridgehead atoms. The lowest BCUT2D eigenvalue weighted by Gasteiger charge is -2.11. The van der Waals surface area contributed by atoms with E-state index in [1.54, 1.807) is 13.0 Å². The van der Waals surface area contributed by atoms with Crippen molar-refractivity contribution in [1.29, 1.82) is 0 Å². The van der Waals surface area contributed by atoms with E-state index in [2.05, 4.69) is 0 Å². The van der Waals surface area contributed by atoms with Gasteiger partial charge in [-0.15, -0.1) is 0 Å². The highest BCUT2D eigenvalue weighted by Gasteiger charge is 2.15. The second-order valence-corrected chi connectivity index (χ2v) is 4.44. The quantitative estimate of drug-likeness (QED) is 0.834. The third kappa shape index (κ3) is 2.44. The summed E-state index contributed by atoms with van der Waals surface area (Å²) in [5.74, 6) is -3.15. The van der Waals surface area contributed by atoms with Crippen LogP contribution in [0.15, 0.2) is 30.3 Å². The van der Waals surface area contributed by atoms with Gasteiger partial charge in [0.05, 0.1) is 10.6 Å². The Balaban J connectivity index is 2.69. The molecule has 0 radical (unpaired) electrons. The molecule has 0 amide bonds. The molecular weight excluding hydrogens is 274 g/mol. The van der Waals surface area contributed by atoms with Gasteiger partial charge in [0, 0.05) is 5.56 Å². The lowest BCUT2D eigenvalue weighted by Crippen LogP contribution is -2.01. The number of benzene rings is 2. The van der Waals surface area contributed by atoms with Crippen LogP contribution in [0.1, 0.15) is 15.9 Å². The monoisotopic (exact) mass is 282 g/mol. The van der Waals surface area contributed by atoms with Gasteiger partial charge >= 0.3 is 5.97 Å². The van der Waals surface area contributed by atoms with Crippen LogP contribution in [0.3, 0.4) is 0 Å². The molecule has 2 rings (SSSR count). The van der Waals surface area contributed by atoms with Crippen LogP contribution < -0.4 is 0 Å². The van der Waals surface area contributed by atoms with Crippen LogP contribution in [0, 0.1) is 18.6 Å². The van der Waals surface area contributed by atoms with E-state index in [1.165, 1.54) is 12.1 Å². The van der Waals surface area contributed by atoms with Crippen LogP contribution in [-0.2, 0) is 0 Å².